The van der Waals surface area contributed by atoms with E-state index in [0.717, 1.165) is 25.7 Å². The number of sulfonamides is 1. The van der Waals surface area contributed by atoms with Gasteiger partial charge in [-0.15, -0.1) is 0 Å². The molecule has 0 aromatic heterocycles. The Balaban J connectivity index is 2.78. The summed E-state index contributed by atoms with van der Waals surface area (Å²) >= 11 is 0. The minimum absolute atomic E-state index is 0.0381. The zero-order chi connectivity index (χ0) is 12.1. The number of hydrogen-bond donors (Lipinski definition) is 1. The third-order valence-corrected chi connectivity index (χ3v) is 4.61. The molecule has 5 heteroatoms. The first-order valence-electron chi connectivity index (χ1n) is 5.96. The van der Waals surface area contributed by atoms with Crippen LogP contribution in [0.25, 0.3) is 0 Å². The lowest BCUT2D eigenvalue weighted by atomic mass is 9.86. The summed E-state index contributed by atoms with van der Waals surface area (Å²) in [6.45, 7) is 1.59. The van der Waals surface area contributed by atoms with E-state index < -0.39 is 15.6 Å². The van der Waals surface area contributed by atoms with E-state index in [0.29, 0.717) is 12.8 Å². The summed E-state index contributed by atoms with van der Waals surface area (Å²) in [6, 6.07) is 2.19. The SMILES string of the molecule is CCS(=O)(=O)NC1(C#N)CCCCCCC1. The second-order valence-electron chi connectivity index (χ2n) is 4.47. The predicted molar refractivity (Wildman–Crippen MR) is 63.3 cm³/mol. The molecule has 4 nitrogen and oxygen atoms in total. The summed E-state index contributed by atoms with van der Waals surface area (Å²) in [4.78, 5) is 0. The predicted octanol–water partition coefficient (Wildman–Crippen LogP) is 1.93. The number of rotatable bonds is 3. The van der Waals surface area contributed by atoms with Gasteiger partial charge in [0.25, 0.3) is 0 Å². The number of nitriles is 1. The highest BCUT2D eigenvalue weighted by atomic mass is 32.2. The van der Waals surface area contributed by atoms with E-state index in [1.54, 1.807) is 6.92 Å². The van der Waals surface area contributed by atoms with Gasteiger partial charge in [0.05, 0.1) is 11.8 Å². The molecular weight excluding hydrogens is 224 g/mol. The van der Waals surface area contributed by atoms with Crippen LogP contribution in [0.3, 0.4) is 0 Å². The smallest absolute Gasteiger partial charge is 0.212 e. The molecule has 16 heavy (non-hydrogen) atoms. The zero-order valence-corrected chi connectivity index (χ0v) is 10.6. The summed E-state index contributed by atoms with van der Waals surface area (Å²) in [7, 11) is -3.29. The fraction of sp³-hybridized carbons (Fsp3) is 0.909. The summed E-state index contributed by atoms with van der Waals surface area (Å²) in [5.74, 6) is 0.0381. The van der Waals surface area contributed by atoms with Crippen molar-refractivity contribution in [3.05, 3.63) is 0 Å². The van der Waals surface area contributed by atoms with Gasteiger partial charge in [0.1, 0.15) is 5.54 Å². The first-order chi connectivity index (χ1) is 7.54. The van der Waals surface area contributed by atoms with Crippen LogP contribution in [0.2, 0.25) is 0 Å². The van der Waals surface area contributed by atoms with Crippen molar-refractivity contribution in [2.24, 2.45) is 0 Å². The van der Waals surface area contributed by atoms with Gasteiger partial charge in [-0.1, -0.05) is 32.1 Å². The minimum atomic E-state index is -3.29. The van der Waals surface area contributed by atoms with Crippen molar-refractivity contribution < 1.29 is 8.42 Å². The lowest BCUT2D eigenvalue weighted by Crippen LogP contribution is -2.48. The molecule has 0 aromatic carbocycles. The van der Waals surface area contributed by atoms with Crippen LogP contribution in [-0.2, 0) is 10.0 Å². The summed E-state index contributed by atoms with van der Waals surface area (Å²) < 4.78 is 25.7. The first kappa shape index (κ1) is 13.5. The fourth-order valence-electron chi connectivity index (χ4n) is 2.12. The van der Waals surface area contributed by atoms with Crippen LogP contribution >= 0.6 is 0 Å². The van der Waals surface area contributed by atoms with Gasteiger partial charge in [-0.25, -0.2) is 8.42 Å². The van der Waals surface area contributed by atoms with Gasteiger partial charge < -0.3 is 0 Å². The molecule has 0 atom stereocenters. The first-order valence-corrected chi connectivity index (χ1v) is 7.62. The molecular formula is C11H20N2O2S. The van der Waals surface area contributed by atoms with Crippen LogP contribution in [0.15, 0.2) is 0 Å². The van der Waals surface area contributed by atoms with Crippen LogP contribution in [0.5, 0.6) is 0 Å². The molecule has 0 aliphatic heterocycles. The molecule has 1 aliphatic rings. The fourth-order valence-corrected chi connectivity index (χ4v) is 3.10. The lowest BCUT2D eigenvalue weighted by Gasteiger charge is -2.29. The van der Waals surface area contributed by atoms with Gasteiger partial charge in [0, 0.05) is 0 Å². The Labute approximate surface area is 98.1 Å². The van der Waals surface area contributed by atoms with Gasteiger partial charge in [-0.2, -0.15) is 9.98 Å². The molecule has 0 bridgehead atoms. The van der Waals surface area contributed by atoms with Gasteiger partial charge >= 0.3 is 0 Å². The molecule has 0 aromatic rings. The molecule has 0 saturated heterocycles. The van der Waals surface area contributed by atoms with Gasteiger partial charge in [0.15, 0.2) is 0 Å². The number of nitrogens with zero attached hydrogens (tertiary/aromatic N) is 1. The largest absolute Gasteiger partial charge is 0.212 e. The van der Waals surface area contributed by atoms with E-state index >= 15 is 0 Å². The summed E-state index contributed by atoms with van der Waals surface area (Å²) in [6.07, 6.45) is 6.53. The molecule has 1 saturated carbocycles. The molecule has 92 valence electrons. The van der Waals surface area contributed by atoms with Crippen molar-refractivity contribution in [3.63, 3.8) is 0 Å². The van der Waals surface area contributed by atoms with E-state index in [9.17, 15) is 13.7 Å². The molecule has 1 fully saturated rings. The standard InChI is InChI=1S/C11H20N2O2S/c1-2-16(14,15)13-11(10-12)8-6-4-3-5-7-9-11/h13H,2-9H2,1H3. The van der Waals surface area contributed by atoms with Crippen molar-refractivity contribution in [1.82, 2.24) is 4.72 Å². The average molecular weight is 244 g/mol. The highest BCUT2D eigenvalue weighted by molar-refractivity contribution is 7.89. The monoisotopic (exact) mass is 244 g/mol. The van der Waals surface area contributed by atoms with Gasteiger partial charge in [-0.3, -0.25) is 0 Å². The van der Waals surface area contributed by atoms with Crippen molar-refractivity contribution >= 4 is 10.0 Å². The molecule has 0 amide bonds. The van der Waals surface area contributed by atoms with Gasteiger partial charge in [0.2, 0.25) is 10.0 Å². The highest BCUT2D eigenvalue weighted by Crippen LogP contribution is 2.26. The molecule has 0 radical (unpaired) electrons. The molecule has 0 spiro atoms. The van der Waals surface area contributed by atoms with Crippen molar-refractivity contribution in [2.75, 3.05) is 5.75 Å². The molecule has 0 unspecified atom stereocenters. The molecule has 0 heterocycles. The van der Waals surface area contributed by atoms with E-state index in [1.807, 2.05) is 0 Å². The third kappa shape index (κ3) is 3.76. The summed E-state index contributed by atoms with van der Waals surface area (Å²) in [5.41, 5.74) is -0.852. The van der Waals surface area contributed by atoms with E-state index in [4.69, 9.17) is 0 Å². The van der Waals surface area contributed by atoms with E-state index in [-0.39, 0.29) is 5.75 Å². The maximum atomic E-state index is 11.6. The number of nitrogens with one attached hydrogen (secondary N) is 1. The van der Waals surface area contributed by atoms with E-state index in [2.05, 4.69) is 10.8 Å². The molecule has 1 N–H and O–H groups in total. The Morgan fingerprint density at radius 2 is 1.69 bits per heavy atom. The minimum Gasteiger partial charge on any atom is -0.212 e. The van der Waals surface area contributed by atoms with Crippen LogP contribution < -0.4 is 4.72 Å². The van der Waals surface area contributed by atoms with Crippen LogP contribution in [0.1, 0.15) is 51.9 Å². The second-order valence-corrected chi connectivity index (χ2v) is 6.48. The lowest BCUT2D eigenvalue weighted by molar-refractivity contribution is 0.357. The normalized spacial score (nSPS) is 21.8. The second kappa shape index (κ2) is 5.65. The van der Waals surface area contributed by atoms with Crippen molar-refractivity contribution in [2.45, 2.75) is 57.4 Å². The van der Waals surface area contributed by atoms with Crippen LogP contribution in [-0.4, -0.2) is 19.7 Å². The Bertz CT molecular complexity index is 349. The Kier molecular flexibility index (Phi) is 4.75. The Morgan fingerprint density at radius 3 is 2.12 bits per heavy atom. The number of hydrogen-bond acceptors (Lipinski definition) is 3. The highest BCUT2D eigenvalue weighted by Gasteiger charge is 2.33. The maximum absolute atomic E-state index is 11.6. The molecule has 1 aliphatic carbocycles. The average Bonchev–Trinajstić information content (AvgIpc) is 2.22. The van der Waals surface area contributed by atoms with Crippen molar-refractivity contribution in [3.8, 4) is 6.07 Å². The maximum Gasteiger partial charge on any atom is 0.212 e. The third-order valence-electron chi connectivity index (χ3n) is 3.15. The van der Waals surface area contributed by atoms with E-state index in [1.165, 1.54) is 6.42 Å². The molecule has 1 rings (SSSR count). The quantitative estimate of drug-likeness (QED) is 0.824. The Hall–Kier alpha value is -0.600. The van der Waals surface area contributed by atoms with Gasteiger partial charge in [-0.05, 0) is 19.8 Å². The Morgan fingerprint density at radius 1 is 1.19 bits per heavy atom. The summed E-state index contributed by atoms with van der Waals surface area (Å²) in [5, 5.41) is 9.24. The van der Waals surface area contributed by atoms with Crippen LogP contribution in [0.4, 0.5) is 0 Å². The van der Waals surface area contributed by atoms with Crippen molar-refractivity contribution in [1.29, 1.82) is 5.26 Å². The zero-order valence-electron chi connectivity index (χ0n) is 9.83. The topological polar surface area (TPSA) is 70.0 Å². The van der Waals surface area contributed by atoms with Crippen LogP contribution in [0, 0.1) is 11.3 Å².